The van der Waals surface area contributed by atoms with Gasteiger partial charge in [-0.25, -0.2) is 4.21 Å². The highest BCUT2D eigenvalue weighted by atomic mass is 35.5. The lowest BCUT2D eigenvalue weighted by molar-refractivity contribution is -0.142. The molecule has 1 aromatic heterocycles. The molecule has 0 aliphatic carbocycles. The van der Waals surface area contributed by atoms with E-state index < -0.39 is 11.1 Å². The van der Waals surface area contributed by atoms with Crippen LogP contribution in [0.3, 0.4) is 0 Å². The molecule has 8 heteroatoms. The first-order valence-electron chi connectivity index (χ1n) is 11.5. The summed E-state index contributed by atoms with van der Waals surface area (Å²) in [6.45, 7) is 4.07. The number of rotatable bonds is 6. The molecule has 4 atom stereocenters. The van der Waals surface area contributed by atoms with Crippen molar-refractivity contribution in [1.29, 1.82) is 5.26 Å². The maximum absolute atomic E-state index is 13.5. The summed E-state index contributed by atoms with van der Waals surface area (Å²) in [4.78, 5) is 18.8. The Morgan fingerprint density at radius 3 is 2.67 bits per heavy atom. The van der Waals surface area contributed by atoms with Crippen LogP contribution >= 0.6 is 11.6 Å². The van der Waals surface area contributed by atoms with Gasteiger partial charge >= 0.3 is 0 Å². The average molecular weight is 488 g/mol. The van der Waals surface area contributed by atoms with E-state index in [2.05, 4.69) is 28.1 Å². The van der Waals surface area contributed by atoms with E-state index in [0.717, 1.165) is 42.1 Å². The second kappa shape index (κ2) is 9.90. The van der Waals surface area contributed by atoms with E-state index in [1.54, 1.807) is 6.07 Å². The fourth-order valence-electron chi connectivity index (χ4n) is 5.68. The normalized spacial score (nSPS) is 26.8. The number of fused-ring (bicyclic) bond motifs is 3. The molecule has 2 aliphatic heterocycles. The third-order valence-corrected chi connectivity index (χ3v) is 7.77. The van der Waals surface area contributed by atoms with Crippen molar-refractivity contribution in [1.82, 2.24) is 9.88 Å². The zero-order valence-corrected chi connectivity index (χ0v) is 20.8. The summed E-state index contributed by atoms with van der Waals surface area (Å²) in [5, 5.41) is 10.7. The maximum atomic E-state index is 13.5. The molecule has 176 valence electrons. The predicted octanol–water partition coefficient (Wildman–Crippen LogP) is 5.47. The molecule has 33 heavy (non-hydrogen) atoms. The molecule has 4 rings (SSSR count). The van der Waals surface area contributed by atoms with Gasteiger partial charge in [0, 0.05) is 41.9 Å². The Morgan fingerprint density at radius 2 is 2.06 bits per heavy atom. The first-order valence-corrected chi connectivity index (χ1v) is 13.3. The van der Waals surface area contributed by atoms with Crippen molar-refractivity contribution in [3.63, 3.8) is 0 Å². The smallest absolute Gasteiger partial charge is 0.223 e. The average Bonchev–Trinajstić information content (AvgIpc) is 3.19. The molecular formula is C25H30ClN3O3S. The summed E-state index contributed by atoms with van der Waals surface area (Å²) < 4.78 is 16.9. The maximum Gasteiger partial charge on any atom is 0.223 e. The molecule has 2 bridgehead atoms. The van der Waals surface area contributed by atoms with Crippen LogP contribution in [0.25, 0.3) is 10.9 Å². The Morgan fingerprint density at radius 1 is 1.36 bits per heavy atom. The summed E-state index contributed by atoms with van der Waals surface area (Å²) in [7, 11) is 0. The number of H-pyrrole nitrogens is 1. The Kier molecular flexibility index (Phi) is 7.16. The number of carbonyl (C=O) groups is 1. The largest absolute Gasteiger partial charge is 0.399 e. The van der Waals surface area contributed by atoms with Crippen LogP contribution in [-0.2, 0) is 15.9 Å². The van der Waals surface area contributed by atoms with Crippen molar-refractivity contribution in [2.75, 3.05) is 6.26 Å². The molecule has 2 aromatic rings. The molecule has 1 aromatic carbocycles. The van der Waals surface area contributed by atoms with Crippen LogP contribution in [0.15, 0.2) is 30.5 Å². The summed E-state index contributed by atoms with van der Waals surface area (Å²) in [6, 6.07) is 6.22. The van der Waals surface area contributed by atoms with Crippen LogP contribution in [0.2, 0.25) is 5.02 Å². The lowest BCUT2D eigenvalue weighted by atomic mass is 9.74. The van der Waals surface area contributed by atoms with E-state index in [9.17, 15) is 14.3 Å². The molecule has 4 unspecified atom stereocenters. The number of amides is 1. The highest BCUT2D eigenvalue weighted by Crippen LogP contribution is 2.42. The van der Waals surface area contributed by atoms with Crippen molar-refractivity contribution >= 4 is 39.5 Å². The Labute approximate surface area is 202 Å². The molecule has 1 amide bonds. The van der Waals surface area contributed by atoms with Gasteiger partial charge in [0.25, 0.3) is 0 Å². The molecule has 2 aliphatic rings. The molecule has 0 spiro atoms. The Balaban J connectivity index is 1.56. The number of nitriles is 1. The number of piperidine rings is 2. The first-order chi connectivity index (χ1) is 15.8. The van der Waals surface area contributed by atoms with Gasteiger partial charge in [-0.05, 0) is 62.1 Å². The van der Waals surface area contributed by atoms with Crippen LogP contribution in [-0.4, -0.2) is 38.3 Å². The fraction of sp³-hybridized carbons (Fsp3) is 0.520. The molecule has 2 fully saturated rings. The van der Waals surface area contributed by atoms with Crippen molar-refractivity contribution < 1.29 is 13.2 Å². The first kappa shape index (κ1) is 23.8. The van der Waals surface area contributed by atoms with Gasteiger partial charge in [-0.3, -0.25) is 4.79 Å². The zero-order valence-electron chi connectivity index (χ0n) is 19.2. The molecular weight excluding hydrogens is 458 g/mol. The topological polar surface area (TPSA) is 86.2 Å². The highest BCUT2D eigenvalue weighted by Gasteiger charge is 2.43. The minimum Gasteiger partial charge on any atom is -0.399 e. The Hall–Kier alpha value is -2.30. The lowest BCUT2D eigenvalue weighted by Gasteiger charge is -2.50. The number of benzene rings is 1. The van der Waals surface area contributed by atoms with E-state index in [1.165, 1.54) is 6.26 Å². The van der Waals surface area contributed by atoms with Crippen LogP contribution in [0.1, 0.15) is 57.4 Å². The van der Waals surface area contributed by atoms with E-state index in [4.69, 9.17) is 15.8 Å². The van der Waals surface area contributed by atoms with Gasteiger partial charge in [0.2, 0.25) is 17.0 Å². The summed E-state index contributed by atoms with van der Waals surface area (Å²) in [6.07, 6.45) is 11.4. The quantitative estimate of drug-likeness (QED) is 0.547. The standard InChI is InChI=1S/C25H30ClN3O3S/c1-4-5-16-9-18-11-17(13-27)12-19(10-16)29(18)23(30)8-15(2)20-14-28-21-6-7-22(32-33(3)31)25(26)24(20)21/h4-7,14-19,28H,8-12H2,1-3H3. The van der Waals surface area contributed by atoms with Crippen molar-refractivity contribution in [2.24, 2.45) is 11.8 Å². The fourth-order valence-corrected chi connectivity index (χ4v) is 6.43. The summed E-state index contributed by atoms with van der Waals surface area (Å²) in [5.74, 6) is 0.948. The van der Waals surface area contributed by atoms with Crippen LogP contribution in [0, 0.1) is 23.2 Å². The van der Waals surface area contributed by atoms with Gasteiger partial charge in [-0.15, -0.1) is 0 Å². The molecule has 0 radical (unpaired) electrons. The zero-order chi connectivity index (χ0) is 23.7. The van der Waals surface area contributed by atoms with Crippen molar-refractivity contribution in [3.05, 3.63) is 41.1 Å². The summed E-state index contributed by atoms with van der Waals surface area (Å²) in [5.41, 5.74) is 1.80. The van der Waals surface area contributed by atoms with Crippen LogP contribution in [0.4, 0.5) is 0 Å². The van der Waals surface area contributed by atoms with Crippen LogP contribution < -0.4 is 4.18 Å². The molecule has 6 nitrogen and oxygen atoms in total. The van der Waals surface area contributed by atoms with Crippen molar-refractivity contribution in [3.8, 4) is 11.8 Å². The Bertz CT molecular complexity index is 1120. The van der Waals surface area contributed by atoms with Gasteiger partial charge in [-0.2, -0.15) is 5.26 Å². The third-order valence-electron chi connectivity index (χ3n) is 6.98. The second-order valence-corrected chi connectivity index (χ2v) is 10.6. The SMILES string of the molecule is CC=CC1CC2CC(C#N)CC(C1)N2C(=O)CC(C)c1c[nH]c2ccc(OS(C)=O)c(Cl)c12. The minimum absolute atomic E-state index is 0.0305. The van der Waals surface area contributed by atoms with Gasteiger partial charge in [-0.1, -0.05) is 30.7 Å². The van der Waals surface area contributed by atoms with Gasteiger partial charge in [0.05, 0.1) is 17.0 Å². The molecule has 1 N–H and O–H groups in total. The summed E-state index contributed by atoms with van der Waals surface area (Å²) >= 11 is 5.12. The predicted molar refractivity (Wildman–Crippen MR) is 131 cm³/mol. The minimum atomic E-state index is -1.48. The molecule has 3 heterocycles. The van der Waals surface area contributed by atoms with Gasteiger partial charge in [0.15, 0.2) is 5.75 Å². The number of nitrogens with one attached hydrogen (secondary N) is 1. The van der Waals surface area contributed by atoms with Crippen LogP contribution in [0.5, 0.6) is 5.75 Å². The van der Waals surface area contributed by atoms with E-state index >= 15 is 0 Å². The number of aromatic amines is 1. The molecule has 2 saturated heterocycles. The van der Waals surface area contributed by atoms with E-state index in [-0.39, 0.29) is 29.8 Å². The van der Waals surface area contributed by atoms with Gasteiger partial charge < -0.3 is 14.1 Å². The van der Waals surface area contributed by atoms with Gasteiger partial charge in [0.1, 0.15) is 0 Å². The van der Waals surface area contributed by atoms with E-state index in [0.29, 0.717) is 23.1 Å². The number of hydrogen-bond donors (Lipinski definition) is 1. The molecule has 0 saturated carbocycles. The number of halogens is 1. The number of carbonyl (C=O) groups excluding carboxylic acids is 1. The number of hydrogen-bond acceptors (Lipinski definition) is 4. The van der Waals surface area contributed by atoms with Crippen molar-refractivity contribution in [2.45, 2.75) is 64.0 Å². The number of aromatic nitrogens is 1. The monoisotopic (exact) mass is 487 g/mol. The highest BCUT2D eigenvalue weighted by molar-refractivity contribution is 7.79. The second-order valence-electron chi connectivity index (χ2n) is 9.30. The number of allylic oxidation sites excluding steroid dienone is 2. The number of nitrogens with zero attached hydrogens (tertiary/aromatic N) is 2. The van der Waals surface area contributed by atoms with E-state index in [1.807, 2.05) is 26.1 Å². The lowest BCUT2D eigenvalue weighted by Crippen LogP contribution is -2.56. The third kappa shape index (κ3) is 4.83.